The van der Waals surface area contributed by atoms with Crippen molar-refractivity contribution in [3.63, 3.8) is 0 Å². The summed E-state index contributed by atoms with van der Waals surface area (Å²) in [5, 5.41) is 5.58. The van der Waals surface area contributed by atoms with E-state index in [4.69, 9.17) is 4.74 Å². The minimum atomic E-state index is -0.965. The smallest absolute Gasteiger partial charge is 0.338 e. The second kappa shape index (κ2) is 8.06. The van der Waals surface area contributed by atoms with Gasteiger partial charge in [-0.15, -0.1) is 11.8 Å². The van der Waals surface area contributed by atoms with E-state index in [1.807, 2.05) is 32.9 Å². The van der Waals surface area contributed by atoms with Gasteiger partial charge in [-0.05, 0) is 57.0 Å². The van der Waals surface area contributed by atoms with E-state index in [1.54, 1.807) is 18.2 Å². The lowest BCUT2D eigenvalue weighted by molar-refractivity contribution is -0.123. The highest BCUT2D eigenvalue weighted by Gasteiger charge is 2.22. The van der Waals surface area contributed by atoms with Crippen LogP contribution >= 0.6 is 11.8 Å². The van der Waals surface area contributed by atoms with Crippen molar-refractivity contribution in [2.24, 2.45) is 0 Å². The number of aryl methyl sites for hydroxylation is 3. The zero-order valence-corrected chi connectivity index (χ0v) is 17.0. The number of ether oxygens (including phenoxy) is 1. The van der Waals surface area contributed by atoms with Crippen molar-refractivity contribution in [2.45, 2.75) is 38.7 Å². The molecule has 2 aromatic rings. The van der Waals surface area contributed by atoms with Crippen molar-refractivity contribution >= 4 is 40.9 Å². The Kier molecular flexibility index (Phi) is 5.74. The van der Waals surface area contributed by atoms with E-state index in [-0.39, 0.29) is 11.5 Å². The number of benzene rings is 2. The van der Waals surface area contributed by atoms with Crippen molar-refractivity contribution < 1.29 is 19.1 Å². The Labute approximate surface area is 168 Å². The van der Waals surface area contributed by atoms with Crippen molar-refractivity contribution in [1.29, 1.82) is 0 Å². The molecule has 2 N–H and O–H groups in total. The molecule has 3 rings (SSSR count). The second-order valence-electron chi connectivity index (χ2n) is 6.86. The summed E-state index contributed by atoms with van der Waals surface area (Å²) in [5.74, 6) is -0.774. The summed E-state index contributed by atoms with van der Waals surface area (Å²) in [4.78, 5) is 37.3. The van der Waals surface area contributed by atoms with Crippen LogP contribution in [0.5, 0.6) is 0 Å². The first-order chi connectivity index (χ1) is 13.2. The van der Waals surface area contributed by atoms with Gasteiger partial charge >= 0.3 is 5.97 Å². The largest absolute Gasteiger partial charge is 0.449 e. The van der Waals surface area contributed by atoms with Gasteiger partial charge in [0.1, 0.15) is 0 Å². The van der Waals surface area contributed by atoms with Crippen LogP contribution in [0.2, 0.25) is 0 Å². The third-order valence-electron chi connectivity index (χ3n) is 4.43. The van der Waals surface area contributed by atoms with Gasteiger partial charge < -0.3 is 15.4 Å². The first-order valence-corrected chi connectivity index (χ1v) is 9.89. The predicted molar refractivity (Wildman–Crippen MR) is 110 cm³/mol. The van der Waals surface area contributed by atoms with Crippen molar-refractivity contribution in [1.82, 2.24) is 0 Å². The highest BCUT2D eigenvalue weighted by molar-refractivity contribution is 8.00. The zero-order chi connectivity index (χ0) is 20.4. The molecule has 0 aliphatic carbocycles. The molecule has 6 nitrogen and oxygen atoms in total. The maximum absolute atomic E-state index is 12.5. The lowest BCUT2D eigenvalue weighted by Crippen LogP contribution is -2.30. The molecule has 2 aromatic carbocycles. The lowest BCUT2D eigenvalue weighted by Gasteiger charge is -2.18. The normalized spacial score (nSPS) is 13.9. The number of amides is 2. The fourth-order valence-corrected chi connectivity index (χ4v) is 3.88. The first kappa shape index (κ1) is 19.9. The van der Waals surface area contributed by atoms with E-state index >= 15 is 0 Å². The topological polar surface area (TPSA) is 84.5 Å². The maximum atomic E-state index is 12.5. The van der Waals surface area contributed by atoms with Crippen LogP contribution in [0.25, 0.3) is 0 Å². The number of hydrogen-bond donors (Lipinski definition) is 2. The van der Waals surface area contributed by atoms with E-state index < -0.39 is 18.0 Å². The average Bonchev–Trinajstić information content (AvgIpc) is 2.63. The molecule has 1 aliphatic heterocycles. The van der Waals surface area contributed by atoms with E-state index in [0.717, 1.165) is 27.3 Å². The van der Waals surface area contributed by atoms with Crippen LogP contribution in [0.1, 0.15) is 34.0 Å². The number of esters is 1. The van der Waals surface area contributed by atoms with Gasteiger partial charge in [-0.3, -0.25) is 9.59 Å². The Morgan fingerprint density at radius 3 is 2.50 bits per heavy atom. The Balaban J connectivity index is 1.68. The number of thioether (sulfide) groups is 1. The molecule has 0 radical (unpaired) electrons. The molecular formula is C21H22N2O4S. The summed E-state index contributed by atoms with van der Waals surface area (Å²) >= 11 is 1.41. The van der Waals surface area contributed by atoms with E-state index in [9.17, 15) is 14.4 Å². The summed E-state index contributed by atoms with van der Waals surface area (Å²) in [7, 11) is 0. The zero-order valence-electron chi connectivity index (χ0n) is 16.2. The summed E-state index contributed by atoms with van der Waals surface area (Å²) < 4.78 is 5.32. The van der Waals surface area contributed by atoms with E-state index in [0.29, 0.717) is 11.4 Å². The van der Waals surface area contributed by atoms with Crippen LogP contribution in [0.3, 0.4) is 0 Å². The highest BCUT2D eigenvalue weighted by atomic mass is 32.2. The molecule has 0 bridgehead atoms. The molecule has 0 unspecified atom stereocenters. The summed E-state index contributed by atoms with van der Waals surface area (Å²) in [5.41, 5.74) is 4.61. The lowest BCUT2D eigenvalue weighted by atomic mass is 10.0. The third-order valence-corrected chi connectivity index (χ3v) is 5.50. The molecule has 0 saturated carbocycles. The monoisotopic (exact) mass is 398 g/mol. The molecule has 1 heterocycles. The number of rotatable bonds is 4. The van der Waals surface area contributed by atoms with Gasteiger partial charge in [-0.2, -0.15) is 0 Å². The molecule has 0 saturated heterocycles. The fraction of sp³-hybridized carbons (Fsp3) is 0.286. The van der Waals surface area contributed by atoms with Gasteiger partial charge in [-0.25, -0.2) is 4.79 Å². The molecule has 1 atom stereocenters. The van der Waals surface area contributed by atoms with Crippen molar-refractivity contribution in [3.8, 4) is 0 Å². The SMILES string of the molecule is Cc1cc(C)c(NC(=O)[C@@H](C)OC(=O)c2ccc3c(c2)NC(=O)CS3)c(C)c1. The van der Waals surface area contributed by atoms with Crippen LogP contribution in [0.4, 0.5) is 11.4 Å². The second-order valence-corrected chi connectivity index (χ2v) is 7.88. The highest BCUT2D eigenvalue weighted by Crippen LogP contribution is 2.32. The minimum Gasteiger partial charge on any atom is -0.449 e. The summed E-state index contributed by atoms with van der Waals surface area (Å²) in [6.07, 6.45) is -0.965. The van der Waals surface area contributed by atoms with Crippen LogP contribution < -0.4 is 10.6 Å². The minimum absolute atomic E-state index is 0.111. The first-order valence-electron chi connectivity index (χ1n) is 8.91. The maximum Gasteiger partial charge on any atom is 0.338 e. The van der Waals surface area contributed by atoms with Gasteiger partial charge in [0.05, 0.1) is 17.0 Å². The van der Waals surface area contributed by atoms with Gasteiger partial charge in [0, 0.05) is 10.6 Å². The molecule has 0 aromatic heterocycles. The van der Waals surface area contributed by atoms with Gasteiger partial charge in [0.15, 0.2) is 6.10 Å². The van der Waals surface area contributed by atoms with Crippen LogP contribution in [0, 0.1) is 20.8 Å². The molecule has 7 heteroatoms. The Morgan fingerprint density at radius 2 is 1.82 bits per heavy atom. The number of hydrogen-bond acceptors (Lipinski definition) is 5. The number of nitrogens with one attached hydrogen (secondary N) is 2. The van der Waals surface area contributed by atoms with E-state index in [1.165, 1.54) is 18.7 Å². The van der Waals surface area contributed by atoms with Crippen LogP contribution in [-0.4, -0.2) is 29.6 Å². The predicted octanol–water partition coefficient (Wildman–Crippen LogP) is 3.84. The number of anilines is 2. The quantitative estimate of drug-likeness (QED) is 0.765. The fourth-order valence-electron chi connectivity index (χ4n) is 3.09. The number of carbonyl (C=O) groups excluding carboxylic acids is 3. The molecule has 28 heavy (non-hydrogen) atoms. The standard InChI is InChI=1S/C21H22N2O4S/c1-11-7-12(2)19(13(3)8-11)23-20(25)14(4)27-21(26)15-5-6-17-16(9-15)22-18(24)10-28-17/h5-9,14H,10H2,1-4H3,(H,22,24)(H,23,25)/t14-/m1/s1. The van der Waals surface area contributed by atoms with E-state index in [2.05, 4.69) is 10.6 Å². The van der Waals surface area contributed by atoms with Gasteiger partial charge in [0.25, 0.3) is 5.91 Å². The molecule has 0 fully saturated rings. The van der Waals surface area contributed by atoms with Crippen molar-refractivity contribution in [2.75, 3.05) is 16.4 Å². The Morgan fingerprint density at radius 1 is 1.14 bits per heavy atom. The molecule has 146 valence electrons. The summed E-state index contributed by atoms with van der Waals surface area (Å²) in [6.45, 7) is 7.37. The third kappa shape index (κ3) is 4.36. The number of fused-ring (bicyclic) bond motifs is 1. The molecule has 0 spiro atoms. The van der Waals surface area contributed by atoms with Crippen LogP contribution in [0.15, 0.2) is 35.2 Å². The average molecular weight is 398 g/mol. The Bertz CT molecular complexity index is 948. The number of carbonyl (C=O) groups is 3. The van der Waals surface area contributed by atoms with Crippen LogP contribution in [-0.2, 0) is 14.3 Å². The summed E-state index contributed by atoms with van der Waals surface area (Å²) in [6, 6.07) is 8.93. The van der Waals surface area contributed by atoms with Crippen molar-refractivity contribution in [3.05, 3.63) is 52.6 Å². The Hall–Kier alpha value is -2.80. The van der Waals surface area contributed by atoms with Gasteiger partial charge in [-0.1, -0.05) is 17.7 Å². The molecule has 1 aliphatic rings. The molecular weight excluding hydrogens is 376 g/mol. The molecule has 2 amide bonds. The van der Waals surface area contributed by atoms with Gasteiger partial charge in [0.2, 0.25) is 5.91 Å².